The highest BCUT2D eigenvalue weighted by molar-refractivity contribution is 6.30. The molecule has 4 rings (SSSR count). The molecule has 1 saturated carbocycles. The lowest BCUT2D eigenvalue weighted by molar-refractivity contribution is 0.160. The molecule has 1 aromatic carbocycles. The van der Waals surface area contributed by atoms with Crippen molar-refractivity contribution >= 4 is 17.6 Å². The summed E-state index contributed by atoms with van der Waals surface area (Å²) >= 11 is 6.05. The minimum Gasteiger partial charge on any atom is -0.354 e. The van der Waals surface area contributed by atoms with Gasteiger partial charge in [-0.2, -0.15) is 4.98 Å². The molecule has 0 amide bonds. The summed E-state index contributed by atoms with van der Waals surface area (Å²) in [5.41, 5.74) is 0.838. The summed E-state index contributed by atoms with van der Waals surface area (Å²) in [6.45, 7) is 4.04. The van der Waals surface area contributed by atoms with Gasteiger partial charge in [-0.15, -0.1) is 0 Å². The molecule has 1 aliphatic carbocycles. The van der Waals surface area contributed by atoms with Crippen LogP contribution in [0.3, 0.4) is 0 Å². The molecule has 2 aliphatic rings. The Morgan fingerprint density at radius 3 is 2.74 bits per heavy atom. The van der Waals surface area contributed by atoms with Gasteiger partial charge in [0.15, 0.2) is 5.96 Å². The van der Waals surface area contributed by atoms with Gasteiger partial charge in [-0.3, -0.25) is 4.99 Å². The average Bonchev–Trinajstić information content (AvgIpc) is 3.28. The van der Waals surface area contributed by atoms with E-state index in [4.69, 9.17) is 16.1 Å². The van der Waals surface area contributed by atoms with Crippen LogP contribution in [0.4, 0.5) is 0 Å². The van der Waals surface area contributed by atoms with E-state index in [1.165, 1.54) is 38.6 Å². The highest BCUT2D eigenvalue weighted by atomic mass is 35.5. The van der Waals surface area contributed by atoms with Gasteiger partial charge < -0.3 is 20.1 Å². The van der Waals surface area contributed by atoms with Crippen molar-refractivity contribution in [1.29, 1.82) is 0 Å². The number of rotatable bonds is 6. The molecule has 1 aromatic heterocycles. The smallest absolute Gasteiger partial charge is 0.246 e. The second kappa shape index (κ2) is 11.0. The van der Waals surface area contributed by atoms with E-state index < -0.39 is 0 Å². The van der Waals surface area contributed by atoms with Crippen LogP contribution < -0.4 is 10.6 Å². The van der Waals surface area contributed by atoms with Gasteiger partial charge in [-0.1, -0.05) is 48.2 Å². The van der Waals surface area contributed by atoms with Crippen molar-refractivity contribution in [2.24, 2.45) is 10.9 Å². The first-order valence-corrected chi connectivity index (χ1v) is 11.9. The normalized spacial score (nSPS) is 19.5. The zero-order valence-corrected chi connectivity index (χ0v) is 19.1. The summed E-state index contributed by atoms with van der Waals surface area (Å²) in [5.74, 6) is 2.74. The van der Waals surface area contributed by atoms with E-state index in [0.717, 1.165) is 43.4 Å². The molecular weight excluding hydrogens is 412 g/mol. The minimum atomic E-state index is 0.424. The first-order valence-electron chi connectivity index (χ1n) is 11.5. The summed E-state index contributed by atoms with van der Waals surface area (Å²) < 4.78 is 5.37. The number of aromatic nitrogens is 2. The first-order chi connectivity index (χ1) is 15.2. The molecule has 2 N–H and O–H groups in total. The Bertz CT molecular complexity index is 855. The maximum atomic E-state index is 6.05. The Kier molecular flexibility index (Phi) is 7.81. The maximum Gasteiger partial charge on any atom is 0.246 e. The molecule has 31 heavy (non-hydrogen) atoms. The fraction of sp³-hybridized carbons (Fsp3) is 0.609. The molecular formula is C23H33ClN6O. The Labute approximate surface area is 189 Å². The van der Waals surface area contributed by atoms with E-state index in [-0.39, 0.29) is 0 Å². The van der Waals surface area contributed by atoms with E-state index in [9.17, 15) is 0 Å². The molecule has 1 aliphatic heterocycles. The van der Waals surface area contributed by atoms with Gasteiger partial charge in [-0.05, 0) is 43.7 Å². The standard InChI is InChI=1S/C23H33ClN6O/c1-25-23(26-15-21-28-22(29-31-21)18-8-5-9-19(24)14-18)27-20-10-12-30(13-11-20)16-17-6-3-2-4-7-17/h5,8-9,14,17,20H,2-4,6-7,10-13,15-16H2,1H3,(H2,25,26,27). The molecule has 168 valence electrons. The van der Waals surface area contributed by atoms with Crippen molar-refractivity contribution in [3.05, 3.63) is 35.2 Å². The van der Waals surface area contributed by atoms with E-state index in [0.29, 0.717) is 29.3 Å². The number of benzene rings is 1. The molecule has 1 saturated heterocycles. The number of halogens is 1. The third kappa shape index (κ3) is 6.43. The van der Waals surface area contributed by atoms with Crippen LogP contribution in [0.1, 0.15) is 50.8 Å². The zero-order chi connectivity index (χ0) is 21.5. The summed E-state index contributed by atoms with van der Waals surface area (Å²) in [6.07, 6.45) is 9.41. The molecule has 2 fully saturated rings. The lowest BCUT2D eigenvalue weighted by Gasteiger charge is -2.36. The van der Waals surface area contributed by atoms with Crippen LogP contribution in [0, 0.1) is 5.92 Å². The number of guanidine groups is 1. The second-order valence-corrected chi connectivity index (χ2v) is 9.11. The van der Waals surface area contributed by atoms with Gasteiger partial charge in [0, 0.05) is 43.3 Å². The summed E-state index contributed by atoms with van der Waals surface area (Å²) in [4.78, 5) is 11.5. The van der Waals surface area contributed by atoms with E-state index in [1.54, 1.807) is 7.05 Å². The van der Waals surface area contributed by atoms with Crippen molar-refractivity contribution in [2.45, 2.75) is 57.5 Å². The van der Waals surface area contributed by atoms with Crippen LogP contribution >= 0.6 is 11.6 Å². The second-order valence-electron chi connectivity index (χ2n) is 8.67. The van der Waals surface area contributed by atoms with Crippen molar-refractivity contribution in [1.82, 2.24) is 25.7 Å². The predicted molar refractivity (Wildman–Crippen MR) is 124 cm³/mol. The highest BCUT2D eigenvalue weighted by Gasteiger charge is 2.23. The number of piperidine rings is 1. The molecule has 2 aromatic rings. The van der Waals surface area contributed by atoms with E-state index in [1.807, 2.05) is 24.3 Å². The minimum absolute atomic E-state index is 0.424. The molecule has 2 heterocycles. The van der Waals surface area contributed by atoms with Crippen molar-refractivity contribution in [3.63, 3.8) is 0 Å². The number of hydrogen-bond acceptors (Lipinski definition) is 5. The Morgan fingerprint density at radius 2 is 2.00 bits per heavy atom. The van der Waals surface area contributed by atoms with Gasteiger partial charge in [-0.25, -0.2) is 0 Å². The summed E-state index contributed by atoms with van der Waals surface area (Å²) in [7, 11) is 1.79. The van der Waals surface area contributed by atoms with Crippen molar-refractivity contribution in [2.75, 3.05) is 26.7 Å². The van der Waals surface area contributed by atoms with Crippen LogP contribution in [-0.2, 0) is 6.54 Å². The zero-order valence-electron chi connectivity index (χ0n) is 18.3. The predicted octanol–water partition coefficient (Wildman–Crippen LogP) is 4.10. The summed E-state index contributed by atoms with van der Waals surface area (Å²) in [5, 5.41) is 11.5. The lowest BCUT2D eigenvalue weighted by Crippen LogP contribution is -2.49. The van der Waals surface area contributed by atoms with Crippen molar-refractivity contribution in [3.8, 4) is 11.4 Å². The quantitative estimate of drug-likeness (QED) is 0.516. The third-order valence-corrected chi connectivity index (χ3v) is 6.59. The number of aliphatic imine (C=N–C) groups is 1. The van der Waals surface area contributed by atoms with E-state index in [2.05, 4.69) is 30.7 Å². The van der Waals surface area contributed by atoms with Crippen LogP contribution in [0.15, 0.2) is 33.8 Å². The summed E-state index contributed by atoms with van der Waals surface area (Å²) in [6, 6.07) is 7.88. The van der Waals surface area contributed by atoms with Crippen LogP contribution in [0.2, 0.25) is 5.02 Å². The lowest BCUT2D eigenvalue weighted by atomic mass is 9.88. The third-order valence-electron chi connectivity index (χ3n) is 6.35. The molecule has 0 bridgehead atoms. The molecule has 0 atom stereocenters. The highest BCUT2D eigenvalue weighted by Crippen LogP contribution is 2.25. The Morgan fingerprint density at radius 1 is 1.19 bits per heavy atom. The number of nitrogens with one attached hydrogen (secondary N) is 2. The van der Waals surface area contributed by atoms with Gasteiger partial charge >= 0.3 is 0 Å². The maximum absolute atomic E-state index is 6.05. The first kappa shape index (κ1) is 22.1. The van der Waals surface area contributed by atoms with E-state index >= 15 is 0 Å². The molecule has 0 unspecified atom stereocenters. The molecule has 0 radical (unpaired) electrons. The Hall–Kier alpha value is -2.12. The van der Waals surface area contributed by atoms with Gasteiger partial charge in [0.05, 0.1) is 6.54 Å². The van der Waals surface area contributed by atoms with Crippen LogP contribution in [0.5, 0.6) is 0 Å². The van der Waals surface area contributed by atoms with Gasteiger partial charge in [0.1, 0.15) is 0 Å². The number of hydrogen-bond donors (Lipinski definition) is 2. The largest absolute Gasteiger partial charge is 0.354 e. The fourth-order valence-corrected chi connectivity index (χ4v) is 4.80. The molecule has 7 nitrogen and oxygen atoms in total. The SMILES string of the molecule is CN=C(NCc1nc(-c2cccc(Cl)c2)no1)NC1CCN(CC2CCCCC2)CC1. The average molecular weight is 445 g/mol. The number of likely N-dealkylation sites (tertiary alicyclic amines) is 1. The number of nitrogens with zero attached hydrogens (tertiary/aromatic N) is 4. The van der Waals surface area contributed by atoms with Gasteiger partial charge in [0.2, 0.25) is 11.7 Å². The molecule has 8 heteroatoms. The topological polar surface area (TPSA) is 78.6 Å². The van der Waals surface area contributed by atoms with Crippen LogP contribution in [-0.4, -0.2) is 53.7 Å². The van der Waals surface area contributed by atoms with Crippen LogP contribution in [0.25, 0.3) is 11.4 Å². The molecule has 0 spiro atoms. The Balaban J connectivity index is 1.21. The van der Waals surface area contributed by atoms with Gasteiger partial charge in [0.25, 0.3) is 0 Å². The van der Waals surface area contributed by atoms with Crippen molar-refractivity contribution < 1.29 is 4.52 Å². The fourth-order valence-electron chi connectivity index (χ4n) is 4.61. The monoisotopic (exact) mass is 444 g/mol.